The molecule has 3 aromatic rings. The lowest BCUT2D eigenvalue weighted by Crippen LogP contribution is -1.97. The van der Waals surface area contributed by atoms with Crippen molar-refractivity contribution in [2.45, 2.75) is 13.8 Å². The van der Waals surface area contributed by atoms with Crippen molar-refractivity contribution in [3.63, 3.8) is 0 Å². The molecule has 0 aliphatic rings. The van der Waals surface area contributed by atoms with Gasteiger partial charge in [-0.1, -0.05) is 36.4 Å². The molecule has 1 heterocycles. The van der Waals surface area contributed by atoms with Crippen LogP contribution in [0.3, 0.4) is 0 Å². The highest BCUT2D eigenvalue weighted by Gasteiger charge is 2.09. The SMILES string of the molecule is CCOc1cccc(-c2n[nH]c(=S)n2N=Cc2ccccc2C)c1. The summed E-state index contributed by atoms with van der Waals surface area (Å²) in [5.74, 6) is 1.43. The number of nitrogens with one attached hydrogen (secondary N) is 1. The summed E-state index contributed by atoms with van der Waals surface area (Å²) in [5.41, 5.74) is 3.07. The molecule has 2 aromatic carbocycles. The van der Waals surface area contributed by atoms with Crippen LogP contribution in [-0.4, -0.2) is 27.7 Å². The molecule has 1 aromatic heterocycles. The largest absolute Gasteiger partial charge is 0.494 e. The average Bonchev–Trinajstić information content (AvgIpc) is 2.96. The second-order valence-electron chi connectivity index (χ2n) is 5.23. The highest BCUT2D eigenvalue weighted by Crippen LogP contribution is 2.22. The Labute approximate surface area is 145 Å². The molecule has 0 spiro atoms. The second-order valence-corrected chi connectivity index (χ2v) is 5.61. The summed E-state index contributed by atoms with van der Waals surface area (Å²) in [6, 6.07) is 15.8. The van der Waals surface area contributed by atoms with E-state index in [1.165, 1.54) is 0 Å². The molecule has 24 heavy (non-hydrogen) atoms. The van der Waals surface area contributed by atoms with Gasteiger partial charge in [-0.25, -0.2) is 5.10 Å². The minimum Gasteiger partial charge on any atom is -0.494 e. The van der Waals surface area contributed by atoms with Gasteiger partial charge in [0.2, 0.25) is 4.77 Å². The number of nitrogens with zero attached hydrogens (tertiary/aromatic N) is 3. The summed E-state index contributed by atoms with van der Waals surface area (Å²) < 4.78 is 7.61. The third-order valence-corrected chi connectivity index (χ3v) is 3.82. The van der Waals surface area contributed by atoms with Crippen molar-refractivity contribution >= 4 is 18.4 Å². The van der Waals surface area contributed by atoms with Gasteiger partial charge in [-0.05, 0) is 49.3 Å². The molecule has 0 atom stereocenters. The summed E-state index contributed by atoms with van der Waals surface area (Å²) in [6.07, 6.45) is 1.79. The topological polar surface area (TPSA) is 55.2 Å². The summed E-state index contributed by atoms with van der Waals surface area (Å²) in [4.78, 5) is 0. The summed E-state index contributed by atoms with van der Waals surface area (Å²) >= 11 is 5.31. The predicted molar refractivity (Wildman–Crippen MR) is 98.2 cm³/mol. The first-order valence-electron chi connectivity index (χ1n) is 7.69. The lowest BCUT2D eigenvalue weighted by atomic mass is 10.1. The molecule has 0 bridgehead atoms. The van der Waals surface area contributed by atoms with Crippen LogP contribution in [0.5, 0.6) is 5.75 Å². The number of ether oxygens (including phenoxy) is 1. The van der Waals surface area contributed by atoms with Crippen molar-refractivity contribution in [1.29, 1.82) is 0 Å². The number of hydrogen-bond donors (Lipinski definition) is 1. The second kappa shape index (κ2) is 7.23. The maximum Gasteiger partial charge on any atom is 0.216 e. The molecule has 0 saturated carbocycles. The van der Waals surface area contributed by atoms with Crippen LogP contribution in [0.4, 0.5) is 0 Å². The molecule has 0 fully saturated rings. The molecule has 3 rings (SSSR count). The van der Waals surface area contributed by atoms with E-state index in [2.05, 4.69) is 15.3 Å². The first kappa shape index (κ1) is 16.1. The maximum atomic E-state index is 5.55. The summed E-state index contributed by atoms with van der Waals surface area (Å²) in [5, 5.41) is 11.6. The van der Waals surface area contributed by atoms with Gasteiger partial charge in [0.1, 0.15) is 5.75 Å². The summed E-state index contributed by atoms with van der Waals surface area (Å²) in [7, 11) is 0. The van der Waals surface area contributed by atoms with Gasteiger partial charge in [0.15, 0.2) is 5.82 Å². The predicted octanol–water partition coefficient (Wildman–Crippen LogP) is 4.20. The molecule has 5 nitrogen and oxygen atoms in total. The number of rotatable bonds is 5. The van der Waals surface area contributed by atoms with Crippen LogP contribution in [0.25, 0.3) is 11.4 Å². The van der Waals surface area contributed by atoms with E-state index >= 15 is 0 Å². The van der Waals surface area contributed by atoms with Crippen LogP contribution in [0.2, 0.25) is 0 Å². The third-order valence-electron chi connectivity index (χ3n) is 3.55. The number of H-pyrrole nitrogens is 1. The van der Waals surface area contributed by atoms with Crippen molar-refractivity contribution in [2.24, 2.45) is 5.10 Å². The normalized spacial score (nSPS) is 11.1. The van der Waals surface area contributed by atoms with Crippen LogP contribution in [0, 0.1) is 11.7 Å². The summed E-state index contributed by atoms with van der Waals surface area (Å²) in [6.45, 7) is 4.61. The zero-order valence-electron chi connectivity index (χ0n) is 13.6. The van der Waals surface area contributed by atoms with E-state index in [0.29, 0.717) is 17.2 Å². The van der Waals surface area contributed by atoms with Gasteiger partial charge in [-0.3, -0.25) is 0 Å². The smallest absolute Gasteiger partial charge is 0.216 e. The molecule has 6 heteroatoms. The Morgan fingerprint density at radius 1 is 1.25 bits per heavy atom. The third kappa shape index (κ3) is 3.44. The van der Waals surface area contributed by atoms with Crippen LogP contribution in [0.15, 0.2) is 53.6 Å². The van der Waals surface area contributed by atoms with E-state index in [1.54, 1.807) is 10.9 Å². The Hall–Kier alpha value is -2.73. The molecular formula is C18H18N4OS. The van der Waals surface area contributed by atoms with Crippen LogP contribution in [-0.2, 0) is 0 Å². The number of aromatic nitrogens is 3. The number of aryl methyl sites for hydroxylation is 1. The lowest BCUT2D eigenvalue weighted by Gasteiger charge is -2.05. The average molecular weight is 338 g/mol. The van der Waals surface area contributed by atoms with Gasteiger partial charge in [0.25, 0.3) is 0 Å². The minimum atomic E-state index is 0.441. The molecule has 0 radical (unpaired) electrons. The molecule has 0 unspecified atom stereocenters. The molecule has 0 amide bonds. The Balaban J connectivity index is 1.99. The quantitative estimate of drug-likeness (QED) is 0.560. The fourth-order valence-corrected chi connectivity index (χ4v) is 2.51. The first-order chi connectivity index (χ1) is 11.7. The van der Waals surface area contributed by atoms with Gasteiger partial charge in [0.05, 0.1) is 12.8 Å². The monoisotopic (exact) mass is 338 g/mol. The maximum absolute atomic E-state index is 5.55. The molecule has 0 aliphatic carbocycles. The van der Waals surface area contributed by atoms with E-state index in [0.717, 1.165) is 22.4 Å². The van der Waals surface area contributed by atoms with E-state index in [9.17, 15) is 0 Å². The van der Waals surface area contributed by atoms with Crippen molar-refractivity contribution in [3.8, 4) is 17.1 Å². The Morgan fingerprint density at radius 3 is 2.88 bits per heavy atom. The highest BCUT2D eigenvalue weighted by molar-refractivity contribution is 7.71. The van der Waals surface area contributed by atoms with E-state index in [-0.39, 0.29) is 0 Å². The van der Waals surface area contributed by atoms with Crippen LogP contribution >= 0.6 is 12.2 Å². The van der Waals surface area contributed by atoms with Crippen LogP contribution < -0.4 is 4.74 Å². The standard InChI is InChI=1S/C18H18N4OS/c1-3-23-16-10-6-9-14(11-16)17-20-21-18(24)22(17)19-12-15-8-5-4-7-13(15)2/h4-12H,3H2,1-2H3,(H,21,24). The van der Waals surface area contributed by atoms with E-state index < -0.39 is 0 Å². The molecule has 0 aliphatic heterocycles. The molecule has 1 N–H and O–H groups in total. The van der Waals surface area contributed by atoms with Gasteiger partial charge in [0, 0.05) is 5.56 Å². The van der Waals surface area contributed by atoms with Crippen molar-refractivity contribution in [3.05, 3.63) is 64.4 Å². The zero-order chi connectivity index (χ0) is 16.9. The van der Waals surface area contributed by atoms with E-state index in [1.807, 2.05) is 62.4 Å². The molecule has 0 saturated heterocycles. The number of hydrogen-bond acceptors (Lipinski definition) is 4. The van der Waals surface area contributed by atoms with Gasteiger partial charge in [-0.15, -0.1) is 0 Å². The Kier molecular flexibility index (Phi) is 4.86. The minimum absolute atomic E-state index is 0.441. The molecule has 122 valence electrons. The Bertz CT molecular complexity index is 927. The van der Waals surface area contributed by atoms with Crippen molar-refractivity contribution in [2.75, 3.05) is 6.61 Å². The lowest BCUT2D eigenvalue weighted by molar-refractivity contribution is 0.340. The van der Waals surface area contributed by atoms with Crippen LogP contribution in [0.1, 0.15) is 18.1 Å². The zero-order valence-corrected chi connectivity index (χ0v) is 14.4. The van der Waals surface area contributed by atoms with Gasteiger partial charge >= 0.3 is 0 Å². The number of benzene rings is 2. The first-order valence-corrected chi connectivity index (χ1v) is 8.10. The van der Waals surface area contributed by atoms with E-state index in [4.69, 9.17) is 17.0 Å². The van der Waals surface area contributed by atoms with Crippen molar-refractivity contribution in [1.82, 2.24) is 14.9 Å². The van der Waals surface area contributed by atoms with Gasteiger partial charge in [-0.2, -0.15) is 14.9 Å². The van der Waals surface area contributed by atoms with Crippen molar-refractivity contribution < 1.29 is 4.74 Å². The molecular weight excluding hydrogens is 320 g/mol. The highest BCUT2D eigenvalue weighted by atomic mass is 32.1. The van der Waals surface area contributed by atoms with Gasteiger partial charge < -0.3 is 4.74 Å². The Morgan fingerprint density at radius 2 is 2.08 bits per heavy atom. The fraction of sp³-hybridized carbons (Fsp3) is 0.167. The fourth-order valence-electron chi connectivity index (χ4n) is 2.33. The number of aromatic amines is 1.